The number of fused-ring (bicyclic) bond motifs is 1. The first-order valence-electron chi connectivity index (χ1n) is 6.43. The Labute approximate surface area is 116 Å². The summed E-state index contributed by atoms with van der Waals surface area (Å²) < 4.78 is 0. The summed E-state index contributed by atoms with van der Waals surface area (Å²) in [6.07, 6.45) is 0.259. The van der Waals surface area contributed by atoms with Crippen LogP contribution in [0, 0.1) is 0 Å². The molecule has 4 heteroatoms. The van der Waals surface area contributed by atoms with Gasteiger partial charge in [0.05, 0.1) is 13.0 Å². The van der Waals surface area contributed by atoms with Crippen LogP contribution in [0.15, 0.2) is 48.5 Å². The van der Waals surface area contributed by atoms with Gasteiger partial charge in [0.25, 0.3) is 5.91 Å². The Bertz CT molecular complexity index is 694. The predicted octanol–water partition coefficient (Wildman–Crippen LogP) is 1.99. The van der Waals surface area contributed by atoms with Crippen LogP contribution in [0.5, 0.6) is 0 Å². The molecule has 0 aliphatic carbocycles. The van der Waals surface area contributed by atoms with Crippen LogP contribution in [0.4, 0.5) is 5.69 Å². The van der Waals surface area contributed by atoms with Gasteiger partial charge in [-0.3, -0.25) is 14.5 Å². The molecule has 0 spiro atoms. The molecule has 2 N–H and O–H groups in total. The second-order valence-corrected chi connectivity index (χ2v) is 4.82. The zero-order chi connectivity index (χ0) is 14.1. The Morgan fingerprint density at radius 2 is 1.70 bits per heavy atom. The van der Waals surface area contributed by atoms with Crippen molar-refractivity contribution in [2.45, 2.75) is 13.0 Å². The average Bonchev–Trinajstić information content (AvgIpc) is 2.45. The molecule has 2 amide bonds. The SMILES string of the molecule is Nc1ccccc1CN1C(=O)Cc2ccccc2C1=O. The van der Waals surface area contributed by atoms with Gasteiger partial charge in [-0.05, 0) is 23.3 Å². The van der Waals surface area contributed by atoms with Crippen molar-refractivity contribution in [3.05, 3.63) is 65.2 Å². The van der Waals surface area contributed by atoms with Crippen LogP contribution in [0.25, 0.3) is 0 Å². The summed E-state index contributed by atoms with van der Waals surface area (Å²) in [7, 11) is 0. The fourth-order valence-electron chi connectivity index (χ4n) is 2.41. The molecule has 0 fully saturated rings. The van der Waals surface area contributed by atoms with Gasteiger partial charge < -0.3 is 5.73 Å². The molecule has 0 saturated heterocycles. The minimum absolute atomic E-state index is 0.183. The fourth-order valence-corrected chi connectivity index (χ4v) is 2.41. The Kier molecular flexibility index (Phi) is 2.99. The summed E-state index contributed by atoms with van der Waals surface area (Å²) >= 11 is 0. The van der Waals surface area contributed by atoms with Crippen molar-refractivity contribution in [1.82, 2.24) is 4.90 Å². The summed E-state index contributed by atoms with van der Waals surface area (Å²) in [4.78, 5) is 25.8. The first-order chi connectivity index (χ1) is 9.66. The fraction of sp³-hybridized carbons (Fsp3) is 0.125. The maximum Gasteiger partial charge on any atom is 0.261 e. The predicted molar refractivity (Wildman–Crippen MR) is 75.9 cm³/mol. The molecule has 0 bridgehead atoms. The van der Waals surface area contributed by atoms with Gasteiger partial charge in [-0.15, -0.1) is 0 Å². The third kappa shape index (κ3) is 2.05. The van der Waals surface area contributed by atoms with Crippen LogP contribution < -0.4 is 5.73 Å². The van der Waals surface area contributed by atoms with E-state index in [1.54, 1.807) is 12.1 Å². The van der Waals surface area contributed by atoms with Crippen LogP contribution >= 0.6 is 0 Å². The van der Waals surface area contributed by atoms with E-state index in [2.05, 4.69) is 0 Å². The van der Waals surface area contributed by atoms with E-state index in [1.165, 1.54) is 4.90 Å². The number of imide groups is 1. The van der Waals surface area contributed by atoms with Crippen LogP contribution in [0.3, 0.4) is 0 Å². The molecule has 0 unspecified atom stereocenters. The number of para-hydroxylation sites is 1. The second kappa shape index (κ2) is 4.81. The Balaban J connectivity index is 1.94. The lowest BCUT2D eigenvalue weighted by Crippen LogP contribution is -2.41. The molecule has 20 heavy (non-hydrogen) atoms. The molecule has 100 valence electrons. The third-order valence-corrected chi connectivity index (χ3v) is 3.52. The molecule has 0 radical (unpaired) electrons. The van der Waals surface area contributed by atoms with Gasteiger partial charge in [0.2, 0.25) is 5.91 Å². The van der Waals surface area contributed by atoms with Crippen molar-refractivity contribution in [2.24, 2.45) is 0 Å². The maximum atomic E-state index is 12.4. The number of hydrogen-bond donors (Lipinski definition) is 1. The van der Waals surface area contributed by atoms with Gasteiger partial charge in [-0.25, -0.2) is 0 Å². The Morgan fingerprint density at radius 1 is 1.00 bits per heavy atom. The maximum absolute atomic E-state index is 12.4. The van der Waals surface area contributed by atoms with Crippen LogP contribution in [0.2, 0.25) is 0 Å². The van der Waals surface area contributed by atoms with Crippen molar-refractivity contribution >= 4 is 17.5 Å². The smallest absolute Gasteiger partial charge is 0.261 e. The van der Waals surface area contributed by atoms with Crippen LogP contribution in [-0.2, 0) is 17.8 Å². The minimum Gasteiger partial charge on any atom is -0.398 e. The number of amides is 2. The van der Waals surface area contributed by atoms with Gasteiger partial charge in [-0.1, -0.05) is 36.4 Å². The Hall–Kier alpha value is -2.62. The number of nitrogen functional groups attached to an aromatic ring is 1. The highest BCUT2D eigenvalue weighted by Gasteiger charge is 2.30. The molecule has 1 aliphatic heterocycles. The molecule has 0 aromatic heterocycles. The molecule has 4 nitrogen and oxygen atoms in total. The van der Waals surface area contributed by atoms with Crippen molar-refractivity contribution in [2.75, 3.05) is 5.73 Å². The molecule has 1 heterocycles. The standard InChI is InChI=1S/C16H14N2O2/c17-14-8-4-2-6-12(14)10-18-15(19)9-11-5-1-3-7-13(11)16(18)20/h1-8H,9-10,17H2. The number of nitrogens with two attached hydrogens (primary N) is 1. The zero-order valence-electron chi connectivity index (χ0n) is 10.9. The molecule has 2 aromatic rings. The number of rotatable bonds is 2. The molecule has 0 atom stereocenters. The zero-order valence-corrected chi connectivity index (χ0v) is 10.9. The van der Waals surface area contributed by atoms with Crippen molar-refractivity contribution < 1.29 is 9.59 Å². The van der Waals surface area contributed by atoms with E-state index in [1.807, 2.05) is 36.4 Å². The van der Waals surface area contributed by atoms with Crippen molar-refractivity contribution in [3.8, 4) is 0 Å². The lowest BCUT2D eigenvalue weighted by Gasteiger charge is -2.27. The lowest BCUT2D eigenvalue weighted by molar-refractivity contribution is -0.128. The number of anilines is 1. The second-order valence-electron chi connectivity index (χ2n) is 4.82. The number of nitrogens with zero attached hydrogens (tertiary/aromatic N) is 1. The number of carbonyl (C=O) groups excluding carboxylic acids is 2. The quantitative estimate of drug-likeness (QED) is 0.668. The van der Waals surface area contributed by atoms with Crippen LogP contribution in [0.1, 0.15) is 21.5 Å². The minimum atomic E-state index is -0.250. The van der Waals surface area contributed by atoms with Gasteiger partial charge in [0.1, 0.15) is 0 Å². The molecular weight excluding hydrogens is 252 g/mol. The molecule has 2 aromatic carbocycles. The van der Waals surface area contributed by atoms with E-state index in [9.17, 15) is 9.59 Å². The van der Waals surface area contributed by atoms with E-state index in [0.29, 0.717) is 11.3 Å². The molecule has 1 aliphatic rings. The van der Waals surface area contributed by atoms with Gasteiger partial charge in [-0.2, -0.15) is 0 Å². The Morgan fingerprint density at radius 3 is 2.50 bits per heavy atom. The van der Waals surface area contributed by atoms with E-state index in [0.717, 1.165) is 11.1 Å². The number of hydrogen-bond acceptors (Lipinski definition) is 3. The highest BCUT2D eigenvalue weighted by Crippen LogP contribution is 2.22. The lowest BCUT2D eigenvalue weighted by atomic mass is 9.98. The third-order valence-electron chi connectivity index (χ3n) is 3.52. The van der Waals surface area contributed by atoms with E-state index >= 15 is 0 Å². The topological polar surface area (TPSA) is 63.4 Å². The first-order valence-corrected chi connectivity index (χ1v) is 6.43. The van der Waals surface area contributed by atoms with Gasteiger partial charge >= 0.3 is 0 Å². The van der Waals surface area contributed by atoms with E-state index in [4.69, 9.17) is 5.73 Å². The van der Waals surface area contributed by atoms with Crippen molar-refractivity contribution in [1.29, 1.82) is 0 Å². The molecular formula is C16H14N2O2. The molecule has 0 saturated carbocycles. The van der Waals surface area contributed by atoms with Gasteiger partial charge in [0.15, 0.2) is 0 Å². The van der Waals surface area contributed by atoms with Gasteiger partial charge in [0, 0.05) is 11.3 Å². The summed E-state index contributed by atoms with van der Waals surface area (Å²) in [6.45, 7) is 0.221. The van der Waals surface area contributed by atoms with E-state index in [-0.39, 0.29) is 24.8 Å². The van der Waals surface area contributed by atoms with E-state index < -0.39 is 0 Å². The highest BCUT2D eigenvalue weighted by atomic mass is 16.2. The largest absolute Gasteiger partial charge is 0.398 e. The van der Waals surface area contributed by atoms with Crippen LogP contribution in [-0.4, -0.2) is 16.7 Å². The number of benzene rings is 2. The monoisotopic (exact) mass is 266 g/mol. The first kappa shape index (κ1) is 12.4. The highest BCUT2D eigenvalue weighted by molar-refractivity contribution is 6.09. The average molecular weight is 266 g/mol. The summed E-state index contributed by atoms with van der Waals surface area (Å²) in [5, 5.41) is 0. The molecule has 3 rings (SSSR count). The normalized spacial score (nSPS) is 14.3. The summed E-state index contributed by atoms with van der Waals surface area (Å²) in [5.74, 6) is -0.433. The van der Waals surface area contributed by atoms with Crippen molar-refractivity contribution in [3.63, 3.8) is 0 Å². The summed E-state index contributed by atoms with van der Waals surface area (Å²) in [5.41, 5.74) is 8.64. The summed E-state index contributed by atoms with van der Waals surface area (Å²) in [6, 6.07) is 14.5. The number of carbonyl (C=O) groups is 2.